The van der Waals surface area contributed by atoms with Gasteiger partial charge in [0.2, 0.25) is 0 Å². The number of fused-ring (bicyclic) bond motifs is 1. The minimum Gasteiger partial charge on any atom is -0.492 e. The smallest absolute Gasteiger partial charge is 0.338 e. The Hall–Kier alpha value is -3.20. The second-order valence-electron chi connectivity index (χ2n) is 10.1. The van der Waals surface area contributed by atoms with Gasteiger partial charge < -0.3 is 23.5 Å². The van der Waals surface area contributed by atoms with E-state index in [9.17, 15) is 9.59 Å². The monoisotopic (exact) mass is 554 g/mol. The van der Waals surface area contributed by atoms with E-state index < -0.39 is 5.60 Å². The number of rotatable bonds is 9. The Morgan fingerprint density at radius 1 is 1.05 bits per heavy atom. The number of hydrogen-bond acceptors (Lipinski definition) is 7. The van der Waals surface area contributed by atoms with E-state index in [0.29, 0.717) is 24.3 Å². The Morgan fingerprint density at radius 2 is 1.70 bits per heavy atom. The van der Waals surface area contributed by atoms with Gasteiger partial charge in [0.05, 0.1) is 18.8 Å². The van der Waals surface area contributed by atoms with Crippen LogP contribution in [-0.2, 0) is 20.8 Å². The second kappa shape index (κ2) is 16.8. The standard InChI is InChI=1S/C27H32N2O5.C3H8O.C2H6/c1-27(2,3)34-26(31)21-6-4-20(5-7-21)17-29-18-22(19-30)24-16-23(8-9-25(24)29)33-15-12-28-10-13-32-14-11-28;1-3-4-2;1-2/h4-9,16,18-19H,10-15,17H2,1-3H3;3H2,1-2H3;1-2H3. The van der Waals surface area contributed by atoms with Crippen molar-refractivity contribution in [2.24, 2.45) is 0 Å². The fourth-order valence-electron chi connectivity index (χ4n) is 4.02. The van der Waals surface area contributed by atoms with Gasteiger partial charge in [0.1, 0.15) is 18.0 Å². The van der Waals surface area contributed by atoms with Crippen molar-refractivity contribution in [3.8, 4) is 5.75 Å². The fourth-order valence-corrected chi connectivity index (χ4v) is 4.02. The average Bonchev–Trinajstić information content (AvgIpc) is 3.31. The Labute approximate surface area is 239 Å². The predicted molar refractivity (Wildman–Crippen MR) is 160 cm³/mol. The summed E-state index contributed by atoms with van der Waals surface area (Å²) in [4.78, 5) is 26.3. The lowest BCUT2D eigenvalue weighted by molar-refractivity contribution is 0.00693. The molecule has 0 bridgehead atoms. The lowest BCUT2D eigenvalue weighted by Gasteiger charge is -2.26. The Bertz CT molecular complexity index is 1170. The zero-order valence-corrected chi connectivity index (χ0v) is 25.2. The molecule has 4 rings (SSSR count). The second-order valence-corrected chi connectivity index (χ2v) is 10.1. The molecule has 1 aromatic heterocycles. The molecule has 40 heavy (non-hydrogen) atoms. The quantitative estimate of drug-likeness (QED) is 0.243. The van der Waals surface area contributed by atoms with Crippen molar-refractivity contribution in [1.82, 2.24) is 9.47 Å². The largest absolute Gasteiger partial charge is 0.492 e. The summed E-state index contributed by atoms with van der Waals surface area (Å²) in [5, 5.41) is 0.865. The van der Waals surface area contributed by atoms with Crippen molar-refractivity contribution < 1.29 is 28.5 Å². The topological polar surface area (TPSA) is 79.2 Å². The number of carbonyl (C=O) groups is 2. The highest BCUT2D eigenvalue weighted by atomic mass is 16.6. The molecule has 8 heteroatoms. The van der Waals surface area contributed by atoms with E-state index in [2.05, 4.69) is 9.64 Å². The summed E-state index contributed by atoms with van der Waals surface area (Å²) in [7, 11) is 1.68. The first-order valence-electron chi connectivity index (χ1n) is 14.1. The van der Waals surface area contributed by atoms with Crippen molar-refractivity contribution >= 4 is 23.2 Å². The van der Waals surface area contributed by atoms with Crippen LogP contribution in [0.2, 0.25) is 0 Å². The van der Waals surface area contributed by atoms with Gasteiger partial charge in [-0.25, -0.2) is 4.79 Å². The molecule has 1 fully saturated rings. The Kier molecular flexibility index (Phi) is 13.9. The first-order valence-corrected chi connectivity index (χ1v) is 14.1. The summed E-state index contributed by atoms with van der Waals surface area (Å²) in [6.07, 6.45) is 2.74. The number of aldehydes is 1. The lowest BCUT2D eigenvalue weighted by atomic mass is 10.1. The van der Waals surface area contributed by atoms with E-state index >= 15 is 0 Å². The predicted octanol–water partition coefficient (Wildman–Crippen LogP) is 5.85. The number of ether oxygens (including phenoxy) is 4. The molecule has 0 aliphatic carbocycles. The zero-order valence-electron chi connectivity index (χ0n) is 25.2. The zero-order chi connectivity index (χ0) is 29.5. The maximum atomic E-state index is 12.3. The highest BCUT2D eigenvalue weighted by Crippen LogP contribution is 2.26. The van der Waals surface area contributed by atoms with Crippen molar-refractivity contribution in [2.75, 3.05) is 53.2 Å². The van der Waals surface area contributed by atoms with Crippen LogP contribution in [0.5, 0.6) is 5.75 Å². The summed E-state index contributed by atoms with van der Waals surface area (Å²) in [5.41, 5.74) is 2.59. The molecule has 220 valence electrons. The van der Waals surface area contributed by atoms with Crippen LogP contribution in [-0.4, -0.2) is 80.5 Å². The van der Waals surface area contributed by atoms with E-state index in [4.69, 9.17) is 14.2 Å². The molecule has 8 nitrogen and oxygen atoms in total. The summed E-state index contributed by atoms with van der Waals surface area (Å²) in [6.45, 7) is 17.7. The molecule has 1 aliphatic rings. The Morgan fingerprint density at radius 3 is 2.27 bits per heavy atom. The van der Waals surface area contributed by atoms with Gasteiger partial charge in [-0.2, -0.15) is 0 Å². The van der Waals surface area contributed by atoms with E-state index in [1.807, 2.05) is 82.6 Å². The normalized spacial score (nSPS) is 13.5. The van der Waals surface area contributed by atoms with Crippen molar-refractivity contribution in [1.29, 1.82) is 0 Å². The molecule has 0 radical (unpaired) electrons. The molecular weight excluding hydrogens is 508 g/mol. The third-order valence-corrected chi connectivity index (χ3v) is 6.02. The van der Waals surface area contributed by atoms with Gasteiger partial charge in [0.25, 0.3) is 0 Å². The minimum atomic E-state index is -0.532. The molecule has 3 aromatic rings. The van der Waals surface area contributed by atoms with E-state index in [1.165, 1.54) is 0 Å². The molecule has 0 saturated carbocycles. The third-order valence-electron chi connectivity index (χ3n) is 6.02. The summed E-state index contributed by atoms with van der Waals surface area (Å²) < 4.78 is 23.4. The molecular formula is C32H46N2O6. The lowest BCUT2D eigenvalue weighted by Crippen LogP contribution is -2.38. The average molecular weight is 555 g/mol. The highest BCUT2D eigenvalue weighted by Gasteiger charge is 2.18. The molecule has 1 aliphatic heterocycles. The Balaban J connectivity index is 0.000000858. The SMILES string of the molecule is CC.CC(C)(C)OC(=O)c1ccc(Cn2cc(C=O)c3cc(OCCN4CCOCC4)ccc32)cc1.CCOC. The van der Waals surface area contributed by atoms with Crippen LogP contribution in [0.15, 0.2) is 48.7 Å². The van der Waals surface area contributed by atoms with Gasteiger partial charge in [-0.1, -0.05) is 26.0 Å². The number of morpholine rings is 1. The van der Waals surface area contributed by atoms with Crippen LogP contribution >= 0.6 is 0 Å². The number of aromatic nitrogens is 1. The summed E-state index contributed by atoms with van der Waals surface area (Å²) in [6, 6.07) is 13.2. The van der Waals surface area contributed by atoms with Crippen molar-refractivity contribution in [2.45, 2.75) is 53.7 Å². The third kappa shape index (κ3) is 10.4. The van der Waals surface area contributed by atoms with E-state index in [-0.39, 0.29) is 5.97 Å². The number of hydrogen-bond donors (Lipinski definition) is 0. The molecule has 0 atom stereocenters. The van der Waals surface area contributed by atoms with Crippen molar-refractivity contribution in [3.05, 3.63) is 65.4 Å². The van der Waals surface area contributed by atoms with Gasteiger partial charge in [0.15, 0.2) is 6.29 Å². The van der Waals surface area contributed by atoms with E-state index in [1.54, 1.807) is 19.2 Å². The molecule has 0 spiro atoms. The molecule has 1 saturated heterocycles. The molecule has 0 amide bonds. The maximum Gasteiger partial charge on any atom is 0.338 e. The fraction of sp³-hybridized carbons (Fsp3) is 0.500. The number of nitrogens with zero attached hydrogens (tertiary/aromatic N) is 2. The number of benzene rings is 2. The summed E-state index contributed by atoms with van der Waals surface area (Å²) in [5.74, 6) is 0.415. The minimum absolute atomic E-state index is 0.338. The van der Waals surface area contributed by atoms with Gasteiger partial charge in [-0.3, -0.25) is 9.69 Å². The number of methoxy groups -OCH3 is 1. The van der Waals surface area contributed by atoms with Crippen LogP contribution < -0.4 is 4.74 Å². The molecule has 0 N–H and O–H groups in total. The number of esters is 1. The first kappa shape index (κ1) is 33.0. The van der Waals surface area contributed by atoms with Gasteiger partial charge >= 0.3 is 5.97 Å². The number of carbonyl (C=O) groups excluding carboxylic acids is 2. The highest BCUT2D eigenvalue weighted by molar-refractivity contribution is 5.98. The van der Waals surface area contributed by atoms with Crippen LogP contribution in [0, 0.1) is 0 Å². The molecule has 2 heterocycles. The first-order chi connectivity index (χ1) is 19.2. The molecule has 0 unspecified atom stereocenters. The van der Waals surface area contributed by atoms with Gasteiger partial charge in [-0.15, -0.1) is 0 Å². The summed E-state index contributed by atoms with van der Waals surface area (Å²) >= 11 is 0. The van der Waals surface area contributed by atoms with Crippen LogP contribution in [0.4, 0.5) is 0 Å². The van der Waals surface area contributed by atoms with Crippen molar-refractivity contribution in [3.63, 3.8) is 0 Å². The van der Waals surface area contributed by atoms with Crippen LogP contribution in [0.25, 0.3) is 10.9 Å². The maximum absolute atomic E-state index is 12.3. The van der Waals surface area contributed by atoms with Gasteiger partial charge in [-0.05, 0) is 63.6 Å². The van der Waals surface area contributed by atoms with Crippen LogP contribution in [0.3, 0.4) is 0 Å². The van der Waals surface area contributed by atoms with Crippen LogP contribution in [0.1, 0.15) is 67.8 Å². The van der Waals surface area contributed by atoms with E-state index in [0.717, 1.165) is 68.0 Å². The molecule has 2 aromatic carbocycles. The van der Waals surface area contributed by atoms with Gasteiger partial charge in [0, 0.05) is 62.6 Å².